The summed E-state index contributed by atoms with van der Waals surface area (Å²) >= 11 is 0. The largest absolute Gasteiger partial charge is 0.444 e. The number of nitrogens with one attached hydrogen (secondary N) is 2. The molecule has 1 aromatic heterocycles. The molecule has 0 spiro atoms. The number of carbonyl (C=O) groups is 2. The smallest absolute Gasteiger partial charge is 0.410 e. The van der Waals surface area contributed by atoms with Crippen molar-refractivity contribution < 1.29 is 19.4 Å². The van der Waals surface area contributed by atoms with E-state index in [0.717, 1.165) is 55.6 Å². The molecule has 1 aliphatic carbocycles. The highest BCUT2D eigenvalue weighted by Crippen LogP contribution is 2.29. The van der Waals surface area contributed by atoms with E-state index in [1.54, 1.807) is 4.90 Å². The van der Waals surface area contributed by atoms with E-state index in [0.29, 0.717) is 43.4 Å². The van der Waals surface area contributed by atoms with Crippen molar-refractivity contribution in [3.8, 4) is 0 Å². The van der Waals surface area contributed by atoms with Crippen LogP contribution in [0.4, 0.5) is 27.8 Å². The molecule has 0 unspecified atom stereocenters. The Balaban J connectivity index is 1.50. The third-order valence-corrected chi connectivity index (χ3v) is 7.52. The van der Waals surface area contributed by atoms with Crippen LogP contribution in [0.15, 0.2) is 18.2 Å². The van der Waals surface area contributed by atoms with Gasteiger partial charge in [0.05, 0.1) is 11.8 Å². The number of hydrogen-bond acceptors (Lipinski definition) is 9. The second-order valence-electron chi connectivity index (χ2n) is 12.0. The summed E-state index contributed by atoms with van der Waals surface area (Å²) in [4.78, 5) is 38.3. The number of aliphatic hydroxyl groups is 1. The molecule has 2 fully saturated rings. The van der Waals surface area contributed by atoms with Crippen LogP contribution < -0.4 is 21.3 Å². The lowest BCUT2D eigenvalue weighted by atomic mass is 9.93. The van der Waals surface area contributed by atoms with Crippen LogP contribution in [0.3, 0.4) is 0 Å². The molecule has 5 N–H and O–H groups in total. The zero-order chi connectivity index (χ0) is 29.7. The molecule has 11 nitrogen and oxygen atoms in total. The normalized spacial score (nSPS) is 19.9. The minimum Gasteiger partial charge on any atom is -0.444 e. The first-order chi connectivity index (χ1) is 19.4. The van der Waals surface area contributed by atoms with Gasteiger partial charge in [-0.1, -0.05) is 6.92 Å². The third-order valence-electron chi connectivity index (χ3n) is 7.52. The number of aromatic nitrogens is 2. The van der Waals surface area contributed by atoms with Crippen molar-refractivity contribution in [1.29, 1.82) is 0 Å². The van der Waals surface area contributed by atoms with E-state index in [4.69, 9.17) is 15.5 Å². The van der Waals surface area contributed by atoms with Crippen LogP contribution in [-0.2, 0) is 11.2 Å². The monoisotopic (exact) mass is 567 g/mol. The molecule has 11 heteroatoms. The fourth-order valence-electron chi connectivity index (χ4n) is 5.40. The predicted molar refractivity (Wildman–Crippen MR) is 161 cm³/mol. The van der Waals surface area contributed by atoms with Crippen LogP contribution >= 0.6 is 0 Å². The van der Waals surface area contributed by atoms with Gasteiger partial charge >= 0.3 is 6.09 Å². The Morgan fingerprint density at radius 1 is 1.07 bits per heavy atom. The van der Waals surface area contributed by atoms with Gasteiger partial charge in [-0.2, -0.15) is 0 Å². The number of aryl methyl sites for hydroxylation is 2. The molecule has 0 bridgehead atoms. The number of carbonyl (C=O) groups excluding carboxylic acids is 2. The lowest BCUT2D eigenvalue weighted by Gasteiger charge is -2.28. The highest BCUT2D eigenvalue weighted by atomic mass is 16.6. The zero-order valence-corrected chi connectivity index (χ0v) is 25.0. The SMILES string of the molecule is CCc1nc(C(N)=O)c(Nc2ccc(N3CCCN(C(=O)OC(C)(C)C)CC3)c(C)c2)nc1N[C@H]1CC[C@H](O)CC1. The van der Waals surface area contributed by atoms with E-state index in [1.165, 1.54) is 0 Å². The Morgan fingerprint density at radius 2 is 1.80 bits per heavy atom. The summed E-state index contributed by atoms with van der Waals surface area (Å²) in [6.45, 7) is 12.4. The first-order valence-corrected chi connectivity index (χ1v) is 14.7. The molecule has 224 valence electrons. The van der Waals surface area contributed by atoms with Gasteiger partial charge in [-0.05, 0) is 90.0 Å². The molecule has 0 atom stereocenters. The van der Waals surface area contributed by atoms with Crippen LogP contribution in [0.25, 0.3) is 0 Å². The molecule has 2 aromatic rings. The molecule has 0 radical (unpaired) electrons. The molecule has 1 aliphatic heterocycles. The standard InChI is InChI=1S/C30H45N7O4/c1-6-23-27(32-20-8-11-22(38)12-9-20)35-28(25(34-23)26(31)39)33-21-10-13-24(19(2)18-21)36-14-7-15-37(17-16-36)29(40)41-30(3,4)5/h10,13,18,20,22,38H,6-9,11-12,14-17H2,1-5H3,(H2,31,39)(H2,32,33,35)/t20-,22-. The fraction of sp³-hybridized carbons (Fsp3) is 0.600. The van der Waals surface area contributed by atoms with Gasteiger partial charge < -0.3 is 36.0 Å². The summed E-state index contributed by atoms with van der Waals surface area (Å²) < 4.78 is 5.57. The van der Waals surface area contributed by atoms with Crippen molar-refractivity contribution in [3.63, 3.8) is 0 Å². The number of nitrogens with zero attached hydrogens (tertiary/aromatic N) is 4. The van der Waals surface area contributed by atoms with E-state index < -0.39 is 11.5 Å². The van der Waals surface area contributed by atoms with Crippen molar-refractivity contribution in [2.75, 3.05) is 41.7 Å². The van der Waals surface area contributed by atoms with Crippen LogP contribution in [0.5, 0.6) is 0 Å². The Hall–Kier alpha value is -3.60. The lowest BCUT2D eigenvalue weighted by Crippen LogP contribution is -2.39. The number of hydrogen-bond donors (Lipinski definition) is 4. The average Bonchev–Trinajstić information content (AvgIpc) is 3.15. The van der Waals surface area contributed by atoms with Gasteiger partial charge in [-0.25, -0.2) is 14.8 Å². The molecule has 2 amide bonds. The molecule has 1 aromatic carbocycles. The quantitative estimate of drug-likeness (QED) is 0.383. The summed E-state index contributed by atoms with van der Waals surface area (Å²) in [5.41, 5.74) is 8.88. The molecule has 2 heterocycles. The Morgan fingerprint density at radius 3 is 2.44 bits per heavy atom. The van der Waals surface area contributed by atoms with Gasteiger partial charge in [0, 0.05) is 43.6 Å². The highest BCUT2D eigenvalue weighted by molar-refractivity contribution is 5.96. The van der Waals surface area contributed by atoms with E-state index in [9.17, 15) is 14.7 Å². The summed E-state index contributed by atoms with van der Waals surface area (Å²) in [7, 11) is 0. The number of ether oxygens (including phenoxy) is 1. The second kappa shape index (κ2) is 12.9. The second-order valence-corrected chi connectivity index (χ2v) is 12.0. The van der Waals surface area contributed by atoms with Gasteiger partial charge in [0.15, 0.2) is 11.5 Å². The highest BCUT2D eigenvalue weighted by Gasteiger charge is 2.26. The van der Waals surface area contributed by atoms with Crippen LogP contribution in [0.1, 0.15) is 81.5 Å². The zero-order valence-electron chi connectivity index (χ0n) is 25.0. The summed E-state index contributed by atoms with van der Waals surface area (Å²) in [5, 5.41) is 16.6. The molecule has 1 saturated heterocycles. The lowest BCUT2D eigenvalue weighted by molar-refractivity contribution is 0.0263. The van der Waals surface area contributed by atoms with E-state index in [2.05, 4.69) is 20.5 Å². The van der Waals surface area contributed by atoms with E-state index in [1.807, 2.05) is 52.8 Å². The van der Waals surface area contributed by atoms with Gasteiger partial charge in [-0.15, -0.1) is 0 Å². The van der Waals surface area contributed by atoms with Crippen LogP contribution in [-0.4, -0.2) is 75.9 Å². The van der Waals surface area contributed by atoms with Crippen LogP contribution in [0, 0.1) is 6.92 Å². The van der Waals surface area contributed by atoms with Crippen molar-refractivity contribution in [1.82, 2.24) is 14.9 Å². The molecular weight excluding hydrogens is 522 g/mol. The first-order valence-electron chi connectivity index (χ1n) is 14.7. The van der Waals surface area contributed by atoms with Crippen molar-refractivity contribution in [3.05, 3.63) is 35.2 Å². The third kappa shape index (κ3) is 8.00. The summed E-state index contributed by atoms with van der Waals surface area (Å²) in [6, 6.07) is 6.20. The molecule has 4 rings (SSSR count). The number of nitrogens with two attached hydrogens (primary N) is 1. The first kappa shape index (κ1) is 30.4. The molecular formula is C30H45N7O4. The molecule has 2 aliphatic rings. The van der Waals surface area contributed by atoms with Gasteiger partial charge in [0.2, 0.25) is 0 Å². The Kier molecular flexibility index (Phi) is 9.57. The Labute approximate surface area is 242 Å². The average molecular weight is 568 g/mol. The van der Waals surface area contributed by atoms with Crippen molar-refractivity contribution in [2.24, 2.45) is 5.73 Å². The number of primary amides is 1. The maximum atomic E-state index is 12.6. The van der Waals surface area contributed by atoms with Crippen LogP contribution in [0.2, 0.25) is 0 Å². The minimum atomic E-state index is -0.644. The van der Waals surface area contributed by atoms with Gasteiger partial charge in [0.1, 0.15) is 11.4 Å². The van der Waals surface area contributed by atoms with Crippen molar-refractivity contribution in [2.45, 2.75) is 90.9 Å². The van der Waals surface area contributed by atoms with E-state index in [-0.39, 0.29) is 23.9 Å². The number of rotatable bonds is 7. The fourth-order valence-corrected chi connectivity index (χ4v) is 5.40. The topological polar surface area (TPSA) is 146 Å². The van der Waals surface area contributed by atoms with Gasteiger partial charge in [-0.3, -0.25) is 4.79 Å². The summed E-state index contributed by atoms with van der Waals surface area (Å²) in [6.07, 6.45) is 4.11. The maximum absolute atomic E-state index is 12.6. The molecule has 1 saturated carbocycles. The number of aliphatic hydroxyl groups excluding tert-OH is 1. The number of amides is 2. The molecule has 41 heavy (non-hydrogen) atoms. The van der Waals surface area contributed by atoms with E-state index >= 15 is 0 Å². The maximum Gasteiger partial charge on any atom is 0.410 e. The summed E-state index contributed by atoms with van der Waals surface area (Å²) in [5.74, 6) is 0.297. The predicted octanol–water partition coefficient (Wildman–Crippen LogP) is 4.35. The Bertz CT molecular complexity index is 1240. The minimum absolute atomic E-state index is 0.1000. The number of anilines is 4. The number of benzene rings is 1. The van der Waals surface area contributed by atoms with Gasteiger partial charge in [0.25, 0.3) is 5.91 Å². The van der Waals surface area contributed by atoms with Crippen molar-refractivity contribution >= 4 is 35.0 Å².